The number of carbonyl (C=O) groups is 1. The van der Waals surface area contributed by atoms with Gasteiger partial charge in [-0.1, -0.05) is 47.7 Å². The van der Waals surface area contributed by atoms with Gasteiger partial charge in [0.05, 0.1) is 6.20 Å². The third-order valence-corrected chi connectivity index (χ3v) is 6.56. The maximum Gasteiger partial charge on any atom is 0.263 e. The SMILES string of the molecule is O=C(NCc1ccccc1)c1cnc(N2CCN(Cc3ccc4c(c3)OCO4)CC2)s1. The number of fused-ring (bicyclic) bond motifs is 1. The van der Waals surface area contributed by atoms with Gasteiger partial charge in [-0.3, -0.25) is 9.69 Å². The van der Waals surface area contributed by atoms with E-state index in [4.69, 9.17) is 9.47 Å². The minimum atomic E-state index is -0.0750. The first-order valence-corrected chi connectivity index (χ1v) is 11.2. The van der Waals surface area contributed by atoms with E-state index in [-0.39, 0.29) is 5.91 Å². The number of benzene rings is 2. The highest BCUT2D eigenvalue weighted by atomic mass is 32.1. The highest BCUT2D eigenvalue weighted by Gasteiger charge is 2.22. The number of rotatable bonds is 6. The van der Waals surface area contributed by atoms with Gasteiger partial charge >= 0.3 is 0 Å². The van der Waals surface area contributed by atoms with Gasteiger partial charge < -0.3 is 19.7 Å². The second-order valence-electron chi connectivity index (χ2n) is 7.63. The minimum absolute atomic E-state index is 0.0750. The number of nitrogens with zero attached hydrogens (tertiary/aromatic N) is 3. The zero-order valence-corrected chi connectivity index (χ0v) is 17.9. The molecule has 7 nitrogen and oxygen atoms in total. The van der Waals surface area contributed by atoms with Crippen molar-refractivity contribution in [1.82, 2.24) is 15.2 Å². The molecule has 0 saturated carbocycles. The lowest BCUT2D eigenvalue weighted by Crippen LogP contribution is -2.45. The van der Waals surface area contributed by atoms with Crippen LogP contribution in [0.15, 0.2) is 54.7 Å². The molecule has 0 atom stereocenters. The number of carbonyl (C=O) groups excluding carboxylic acids is 1. The second kappa shape index (κ2) is 8.95. The fourth-order valence-corrected chi connectivity index (χ4v) is 4.66. The highest BCUT2D eigenvalue weighted by molar-refractivity contribution is 7.17. The number of hydrogen-bond acceptors (Lipinski definition) is 7. The molecule has 3 heterocycles. The van der Waals surface area contributed by atoms with Crippen LogP contribution in [-0.4, -0.2) is 48.8 Å². The molecule has 1 N–H and O–H groups in total. The number of thiazole rings is 1. The molecule has 160 valence electrons. The molecule has 0 aliphatic carbocycles. The molecular weight excluding hydrogens is 412 g/mol. The summed E-state index contributed by atoms with van der Waals surface area (Å²) in [7, 11) is 0. The molecule has 1 amide bonds. The highest BCUT2D eigenvalue weighted by Crippen LogP contribution is 2.33. The maximum absolute atomic E-state index is 12.5. The number of amides is 1. The quantitative estimate of drug-likeness (QED) is 0.641. The van der Waals surface area contributed by atoms with E-state index in [1.165, 1.54) is 16.9 Å². The summed E-state index contributed by atoms with van der Waals surface area (Å²) < 4.78 is 10.9. The third kappa shape index (κ3) is 4.65. The van der Waals surface area contributed by atoms with E-state index in [2.05, 4.69) is 32.2 Å². The van der Waals surface area contributed by atoms with Crippen molar-refractivity contribution in [3.05, 3.63) is 70.7 Å². The number of hydrogen-bond donors (Lipinski definition) is 1. The second-order valence-corrected chi connectivity index (χ2v) is 8.64. The van der Waals surface area contributed by atoms with Crippen LogP contribution in [0, 0.1) is 0 Å². The molecule has 0 spiro atoms. The first-order valence-electron chi connectivity index (χ1n) is 10.4. The van der Waals surface area contributed by atoms with Gasteiger partial charge in [0.2, 0.25) is 6.79 Å². The van der Waals surface area contributed by atoms with E-state index < -0.39 is 0 Å². The Bertz CT molecular complexity index is 1050. The van der Waals surface area contributed by atoms with Crippen molar-refractivity contribution in [3.63, 3.8) is 0 Å². The van der Waals surface area contributed by atoms with E-state index in [0.717, 1.165) is 54.9 Å². The molecule has 5 rings (SSSR count). The van der Waals surface area contributed by atoms with E-state index in [9.17, 15) is 4.79 Å². The lowest BCUT2D eigenvalue weighted by atomic mass is 10.1. The van der Waals surface area contributed by atoms with E-state index >= 15 is 0 Å². The van der Waals surface area contributed by atoms with Gasteiger partial charge in [-0.2, -0.15) is 0 Å². The van der Waals surface area contributed by atoms with Crippen molar-refractivity contribution >= 4 is 22.4 Å². The minimum Gasteiger partial charge on any atom is -0.454 e. The zero-order chi connectivity index (χ0) is 21.0. The van der Waals surface area contributed by atoms with Crippen LogP contribution in [0.3, 0.4) is 0 Å². The molecule has 1 aromatic heterocycles. The fourth-order valence-electron chi connectivity index (χ4n) is 3.78. The normalized spacial score (nSPS) is 15.8. The van der Waals surface area contributed by atoms with Crippen molar-refractivity contribution in [2.45, 2.75) is 13.1 Å². The van der Waals surface area contributed by atoms with E-state index in [1.807, 2.05) is 36.4 Å². The van der Waals surface area contributed by atoms with Crippen molar-refractivity contribution in [2.24, 2.45) is 0 Å². The summed E-state index contributed by atoms with van der Waals surface area (Å²) in [5.41, 5.74) is 2.31. The van der Waals surface area contributed by atoms with Gasteiger partial charge in [-0.25, -0.2) is 4.98 Å². The smallest absolute Gasteiger partial charge is 0.263 e. The Morgan fingerprint density at radius 3 is 2.65 bits per heavy atom. The molecule has 2 aliphatic rings. The summed E-state index contributed by atoms with van der Waals surface area (Å²) in [6.07, 6.45) is 1.68. The molecule has 2 aliphatic heterocycles. The Morgan fingerprint density at radius 1 is 1.00 bits per heavy atom. The summed E-state index contributed by atoms with van der Waals surface area (Å²) in [6, 6.07) is 16.1. The van der Waals surface area contributed by atoms with Crippen LogP contribution in [0.4, 0.5) is 5.13 Å². The molecule has 31 heavy (non-hydrogen) atoms. The molecule has 0 bridgehead atoms. The molecule has 1 fully saturated rings. The Hall–Kier alpha value is -3.10. The predicted octanol–water partition coefficient (Wildman–Crippen LogP) is 3.12. The standard InChI is InChI=1S/C23H24N4O3S/c28-22(24-13-17-4-2-1-3-5-17)21-14-25-23(31-21)27-10-8-26(9-11-27)15-18-6-7-19-20(12-18)30-16-29-19/h1-7,12,14H,8-11,13,15-16H2,(H,24,28). The van der Waals surface area contributed by atoms with Crippen molar-refractivity contribution < 1.29 is 14.3 Å². The van der Waals surface area contributed by atoms with E-state index in [1.54, 1.807) is 6.20 Å². The third-order valence-electron chi connectivity index (χ3n) is 5.50. The van der Waals surface area contributed by atoms with Gasteiger partial charge in [0.25, 0.3) is 5.91 Å². The Morgan fingerprint density at radius 2 is 1.81 bits per heavy atom. The van der Waals surface area contributed by atoms with Gasteiger partial charge in [0, 0.05) is 39.3 Å². The molecule has 8 heteroatoms. The van der Waals surface area contributed by atoms with Crippen LogP contribution in [-0.2, 0) is 13.1 Å². The summed E-state index contributed by atoms with van der Waals surface area (Å²) in [6.45, 7) is 5.39. The van der Waals surface area contributed by atoms with Crippen LogP contribution in [0.1, 0.15) is 20.8 Å². The van der Waals surface area contributed by atoms with Crippen LogP contribution in [0.5, 0.6) is 11.5 Å². The fraction of sp³-hybridized carbons (Fsp3) is 0.304. The van der Waals surface area contributed by atoms with Crippen LogP contribution < -0.4 is 19.7 Å². The first kappa shape index (κ1) is 19.8. The summed E-state index contributed by atoms with van der Waals surface area (Å²) in [5, 5.41) is 3.88. The number of aromatic nitrogens is 1. The topological polar surface area (TPSA) is 66.9 Å². The van der Waals surface area contributed by atoms with Crippen molar-refractivity contribution in [1.29, 1.82) is 0 Å². The lowest BCUT2D eigenvalue weighted by molar-refractivity contribution is 0.0954. The van der Waals surface area contributed by atoms with Crippen molar-refractivity contribution in [3.8, 4) is 11.5 Å². The summed E-state index contributed by atoms with van der Waals surface area (Å²) >= 11 is 1.46. The van der Waals surface area contributed by atoms with Crippen LogP contribution >= 0.6 is 11.3 Å². The molecule has 1 saturated heterocycles. The molecule has 3 aromatic rings. The lowest BCUT2D eigenvalue weighted by Gasteiger charge is -2.34. The number of anilines is 1. The van der Waals surface area contributed by atoms with Gasteiger partial charge in [-0.15, -0.1) is 0 Å². The molecule has 0 radical (unpaired) electrons. The maximum atomic E-state index is 12.5. The Kier molecular flexibility index (Phi) is 5.73. The zero-order valence-electron chi connectivity index (χ0n) is 17.1. The van der Waals surface area contributed by atoms with Gasteiger partial charge in [0.15, 0.2) is 16.6 Å². The Labute approximate surface area is 185 Å². The average molecular weight is 437 g/mol. The monoisotopic (exact) mass is 436 g/mol. The largest absolute Gasteiger partial charge is 0.454 e. The van der Waals surface area contributed by atoms with Crippen molar-refractivity contribution in [2.75, 3.05) is 37.9 Å². The molecular formula is C23H24N4O3S. The molecule has 2 aromatic carbocycles. The first-order chi connectivity index (χ1) is 15.2. The molecule has 0 unspecified atom stereocenters. The van der Waals surface area contributed by atoms with Gasteiger partial charge in [-0.05, 0) is 23.3 Å². The summed E-state index contributed by atoms with van der Waals surface area (Å²) in [5.74, 6) is 1.58. The summed E-state index contributed by atoms with van der Waals surface area (Å²) in [4.78, 5) is 22.3. The van der Waals surface area contributed by atoms with E-state index in [0.29, 0.717) is 18.2 Å². The number of ether oxygens (including phenoxy) is 2. The van der Waals surface area contributed by atoms with Crippen LogP contribution in [0.2, 0.25) is 0 Å². The Balaban J connectivity index is 1.12. The van der Waals surface area contributed by atoms with Crippen LogP contribution in [0.25, 0.3) is 0 Å². The number of nitrogens with one attached hydrogen (secondary N) is 1. The van der Waals surface area contributed by atoms with Gasteiger partial charge in [0.1, 0.15) is 4.88 Å². The average Bonchev–Trinajstić information content (AvgIpc) is 3.48. The predicted molar refractivity (Wildman–Crippen MR) is 120 cm³/mol. The number of piperazine rings is 1.